The minimum absolute atomic E-state index is 0.0708. The molecule has 0 atom stereocenters. The fraction of sp³-hybridized carbons (Fsp3) is 0.353. The molecule has 0 unspecified atom stereocenters. The molecule has 1 fully saturated rings. The summed E-state index contributed by atoms with van der Waals surface area (Å²) in [4.78, 5) is 28.1. The lowest BCUT2D eigenvalue weighted by Crippen LogP contribution is -2.36. The van der Waals surface area contributed by atoms with Crippen LogP contribution in [-0.4, -0.2) is 51.0 Å². The van der Waals surface area contributed by atoms with Crippen LogP contribution in [0.25, 0.3) is 0 Å². The van der Waals surface area contributed by atoms with E-state index in [0.29, 0.717) is 30.9 Å². The molecular formula is C17H19FN4O2. The summed E-state index contributed by atoms with van der Waals surface area (Å²) in [5.41, 5.74) is 0.974. The molecule has 126 valence electrons. The summed E-state index contributed by atoms with van der Waals surface area (Å²) in [6.07, 6.45) is 1.80. The maximum Gasteiger partial charge on any atom is 0.272 e. The SMILES string of the molecule is Cn1nccc1C(=O)N1CCC(=O)N(Cc2ccccc2F)CC1. The molecule has 6 nitrogen and oxygen atoms in total. The lowest BCUT2D eigenvalue weighted by atomic mass is 10.2. The molecular weight excluding hydrogens is 311 g/mol. The van der Waals surface area contributed by atoms with Gasteiger partial charge in [-0.3, -0.25) is 14.3 Å². The van der Waals surface area contributed by atoms with Crippen LogP contribution in [0.5, 0.6) is 0 Å². The van der Waals surface area contributed by atoms with Crippen LogP contribution < -0.4 is 0 Å². The Hall–Kier alpha value is -2.70. The van der Waals surface area contributed by atoms with Gasteiger partial charge in [-0.05, 0) is 12.1 Å². The maximum atomic E-state index is 13.8. The summed E-state index contributed by atoms with van der Waals surface area (Å²) in [7, 11) is 1.71. The van der Waals surface area contributed by atoms with Crippen molar-refractivity contribution in [2.24, 2.45) is 7.05 Å². The number of halogens is 1. The molecule has 0 saturated carbocycles. The van der Waals surface area contributed by atoms with E-state index in [2.05, 4.69) is 5.10 Å². The highest BCUT2D eigenvalue weighted by atomic mass is 19.1. The Balaban J connectivity index is 1.69. The van der Waals surface area contributed by atoms with Crippen molar-refractivity contribution >= 4 is 11.8 Å². The van der Waals surface area contributed by atoms with Gasteiger partial charge < -0.3 is 9.80 Å². The highest BCUT2D eigenvalue weighted by molar-refractivity contribution is 5.93. The lowest BCUT2D eigenvalue weighted by Gasteiger charge is -2.22. The van der Waals surface area contributed by atoms with Crippen LogP contribution in [0.2, 0.25) is 0 Å². The molecule has 3 rings (SSSR count). The van der Waals surface area contributed by atoms with E-state index in [1.54, 1.807) is 47.3 Å². The minimum atomic E-state index is -0.322. The molecule has 0 N–H and O–H groups in total. The fourth-order valence-corrected chi connectivity index (χ4v) is 2.81. The van der Waals surface area contributed by atoms with Gasteiger partial charge in [-0.25, -0.2) is 4.39 Å². The maximum absolute atomic E-state index is 13.8. The first kappa shape index (κ1) is 16.2. The van der Waals surface area contributed by atoms with Crippen molar-refractivity contribution < 1.29 is 14.0 Å². The predicted octanol–water partition coefficient (Wildman–Crippen LogP) is 1.43. The van der Waals surface area contributed by atoms with Gasteiger partial charge in [0.15, 0.2) is 0 Å². The second-order valence-electron chi connectivity index (χ2n) is 5.79. The van der Waals surface area contributed by atoms with E-state index in [0.717, 1.165) is 0 Å². The number of hydrogen-bond donors (Lipinski definition) is 0. The smallest absolute Gasteiger partial charge is 0.272 e. The highest BCUT2D eigenvalue weighted by Gasteiger charge is 2.26. The van der Waals surface area contributed by atoms with Gasteiger partial charge in [0.05, 0.1) is 0 Å². The number of benzene rings is 1. The minimum Gasteiger partial charge on any atom is -0.336 e. The number of carbonyl (C=O) groups is 2. The Morgan fingerprint density at radius 3 is 2.71 bits per heavy atom. The first-order valence-electron chi connectivity index (χ1n) is 7.84. The average molecular weight is 330 g/mol. The molecule has 2 heterocycles. The summed E-state index contributed by atoms with van der Waals surface area (Å²) < 4.78 is 15.3. The van der Waals surface area contributed by atoms with Crippen molar-refractivity contribution in [3.05, 3.63) is 53.6 Å². The van der Waals surface area contributed by atoms with Crippen LogP contribution in [0.1, 0.15) is 22.5 Å². The zero-order valence-corrected chi connectivity index (χ0v) is 13.5. The Morgan fingerprint density at radius 1 is 1.21 bits per heavy atom. The van der Waals surface area contributed by atoms with Gasteiger partial charge >= 0.3 is 0 Å². The molecule has 1 aliphatic heterocycles. The van der Waals surface area contributed by atoms with Crippen LogP contribution in [0.4, 0.5) is 4.39 Å². The standard InChI is InChI=1S/C17H19FN4O2/c1-20-15(6-8-19-20)17(24)21-9-7-16(23)22(11-10-21)12-13-4-2-3-5-14(13)18/h2-6,8H,7,9-12H2,1H3. The van der Waals surface area contributed by atoms with Gasteiger partial charge in [0, 0.05) is 51.4 Å². The third-order valence-electron chi connectivity index (χ3n) is 4.23. The zero-order chi connectivity index (χ0) is 17.1. The van der Waals surface area contributed by atoms with E-state index in [-0.39, 0.29) is 30.6 Å². The van der Waals surface area contributed by atoms with Crippen LogP contribution in [0, 0.1) is 5.82 Å². The summed E-state index contributed by atoms with van der Waals surface area (Å²) in [6.45, 7) is 1.39. The molecule has 0 spiro atoms. The number of hydrogen-bond acceptors (Lipinski definition) is 3. The molecule has 0 aliphatic carbocycles. The van der Waals surface area contributed by atoms with Crippen LogP contribution >= 0.6 is 0 Å². The fourth-order valence-electron chi connectivity index (χ4n) is 2.81. The molecule has 24 heavy (non-hydrogen) atoms. The summed E-state index contributed by atoms with van der Waals surface area (Å²) in [5, 5.41) is 4.00. The Bertz CT molecular complexity index is 759. The van der Waals surface area contributed by atoms with Crippen LogP contribution in [-0.2, 0) is 18.4 Å². The van der Waals surface area contributed by atoms with Crippen molar-refractivity contribution in [3.8, 4) is 0 Å². The Morgan fingerprint density at radius 2 is 2.00 bits per heavy atom. The number of amides is 2. The van der Waals surface area contributed by atoms with E-state index in [1.807, 2.05) is 0 Å². The van der Waals surface area contributed by atoms with Crippen molar-refractivity contribution in [2.75, 3.05) is 19.6 Å². The highest BCUT2D eigenvalue weighted by Crippen LogP contribution is 2.14. The van der Waals surface area contributed by atoms with Gasteiger partial charge in [-0.2, -0.15) is 5.10 Å². The lowest BCUT2D eigenvalue weighted by molar-refractivity contribution is -0.130. The van der Waals surface area contributed by atoms with E-state index >= 15 is 0 Å². The number of carbonyl (C=O) groups excluding carboxylic acids is 2. The van der Waals surface area contributed by atoms with E-state index in [4.69, 9.17) is 0 Å². The van der Waals surface area contributed by atoms with Gasteiger partial charge in [0.1, 0.15) is 11.5 Å². The Labute approximate surface area is 139 Å². The van der Waals surface area contributed by atoms with Gasteiger partial charge in [0.25, 0.3) is 5.91 Å². The summed E-state index contributed by atoms with van der Waals surface area (Å²) in [5.74, 6) is -0.536. The molecule has 1 aliphatic rings. The second kappa shape index (κ2) is 6.82. The number of nitrogens with zero attached hydrogens (tertiary/aromatic N) is 4. The third kappa shape index (κ3) is 3.29. The largest absolute Gasteiger partial charge is 0.336 e. The van der Waals surface area contributed by atoms with E-state index in [1.165, 1.54) is 10.7 Å². The number of aromatic nitrogens is 2. The van der Waals surface area contributed by atoms with Crippen LogP contribution in [0.3, 0.4) is 0 Å². The van der Waals surface area contributed by atoms with E-state index < -0.39 is 0 Å². The van der Waals surface area contributed by atoms with Crippen molar-refractivity contribution in [1.29, 1.82) is 0 Å². The molecule has 7 heteroatoms. The second-order valence-corrected chi connectivity index (χ2v) is 5.79. The van der Waals surface area contributed by atoms with Gasteiger partial charge in [0.2, 0.25) is 5.91 Å². The van der Waals surface area contributed by atoms with Crippen LogP contribution in [0.15, 0.2) is 36.5 Å². The van der Waals surface area contributed by atoms with Crippen molar-refractivity contribution in [2.45, 2.75) is 13.0 Å². The van der Waals surface area contributed by atoms with Crippen molar-refractivity contribution in [1.82, 2.24) is 19.6 Å². The van der Waals surface area contributed by atoms with Gasteiger partial charge in [-0.1, -0.05) is 18.2 Å². The topological polar surface area (TPSA) is 58.4 Å². The first-order chi connectivity index (χ1) is 11.6. The van der Waals surface area contributed by atoms with Crippen molar-refractivity contribution in [3.63, 3.8) is 0 Å². The summed E-state index contributed by atoms with van der Waals surface area (Å²) in [6, 6.07) is 8.09. The number of rotatable bonds is 3. The summed E-state index contributed by atoms with van der Waals surface area (Å²) >= 11 is 0. The molecule has 0 radical (unpaired) electrons. The molecule has 2 amide bonds. The molecule has 1 aromatic carbocycles. The quantitative estimate of drug-likeness (QED) is 0.855. The predicted molar refractivity (Wildman–Crippen MR) is 85.5 cm³/mol. The molecule has 1 aromatic heterocycles. The number of aryl methyl sites for hydroxylation is 1. The first-order valence-corrected chi connectivity index (χ1v) is 7.84. The van der Waals surface area contributed by atoms with E-state index in [9.17, 15) is 14.0 Å². The third-order valence-corrected chi connectivity index (χ3v) is 4.23. The normalized spacial score (nSPS) is 15.5. The monoisotopic (exact) mass is 330 g/mol. The molecule has 0 bridgehead atoms. The van der Waals surface area contributed by atoms with Gasteiger partial charge in [-0.15, -0.1) is 0 Å². The Kier molecular flexibility index (Phi) is 4.59. The average Bonchev–Trinajstić information content (AvgIpc) is 2.91. The molecule has 1 saturated heterocycles. The molecule has 2 aromatic rings. The zero-order valence-electron chi connectivity index (χ0n) is 13.5.